The molecule has 0 saturated carbocycles. The topological polar surface area (TPSA) is 91.4 Å². The predicted molar refractivity (Wildman–Crippen MR) is 102 cm³/mol. The average Bonchev–Trinajstić information content (AvgIpc) is 3.11. The van der Waals surface area contributed by atoms with E-state index >= 15 is 0 Å². The van der Waals surface area contributed by atoms with Gasteiger partial charge in [-0.15, -0.1) is 5.10 Å². The molecular formula is C19H19N7. The van der Waals surface area contributed by atoms with Gasteiger partial charge in [0.2, 0.25) is 5.95 Å². The van der Waals surface area contributed by atoms with E-state index < -0.39 is 0 Å². The number of anilines is 2. The van der Waals surface area contributed by atoms with Crippen LogP contribution in [-0.4, -0.2) is 31.7 Å². The number of rotatable bonds is 7. The Morgan fingerprint density at radius 3 is 2.85 bits per heavy atom. The maximum atomic E-state index is 4.44. The zero-order valence-corrected chi connectivity index (χ0v) is 14.2. The van der Waals surface area contributed by atoms with Gasteiger partial charge in [0.1, 0.15) is 0 Å². The summed E-state index contributed by atoms with van der Waals surface area (Å²) in [5, 5.41) is 15.7. The Hall–Kier alpha value is -3.48. The third-order valence-electron chi connectivity index (χ3n) is 4.09. The minimum absolute atomic E-state index is 0.510. The molecule has 0 aliphatic heterocycles. The fourth-order valence-electron chi connectivity index (χ4n) is 2.79. The molecule has 7 nitrogen and oxygen atoms in total. The molecule has 130 valence electrons. The van der Waals surface area contributed by atoms with Gasteiger partial charge in [0.15, 0.2) is 5.82 Å². The van der Waals surface area contributed by atoms with Gasteiger partial charge in [-0.1, -0.05) is 24.3 Å². The predicted octanol–water partition coefficient (Wildman–Crippen LogP) is 3.01. The van der Waals surface area contributed by atoms with Gasteiger partial charge in [-0.25, -0.2) is 0 Å². The second-order valence-electron chi connectivity index (χ2n) is 5.88. The molecule has 4 aromatic rings. The van der Waals surface area contributed by atoms with Crippen molar-refractivity contribution in [3.63, 3.8) is 0 Å². The van der Waals surface area contributed by atoms with Crippen LogP contribution in [0, 0.1) is 0 Å². The highest BCUT2D eigenvalue weighted by Crippen LogP contribution is 2.18. The zero-order chi connectivity index (χ0) is 17.6. The number of aromatic amines is 1. The number of nitrogens with zero attached hydrogens (tertiary/aromatic N) is 4. The smallest absolute Gasteiger partial charge is 0.244 e. The molecule has 0 spiro atoms. The first-order valence-electron chi connectivity index (χ1n) is 8.51. The fourth-order valence-corrected chi connectivity index (χ4v) is 2.79. The Kier molecular flexibility index (Phi) is 4.68. The van der Waals surface area contributed by atoms with E-state index in [4.69, 9.17) is 0 Å². The van der Waals surface area contributed by atoms with E-state index in [1.807, 2.05) is 24.3 Å². The van der Waals surface area contributed by atoms with Crippen LogP contribution >= 0.6 is 0 Å². The summed E-state index contributed by atoms with van der Waals surface area (Å²) in [5.41, 5.74) is 3.37. The second-order valence-corrected chi connectivity index (χ2v) is 5.88. The lowest BCUT2D eigenvalue weighted by Crippen LogP contribution is -2.10. The summed E-state index contributed by atoms with van der Waals surface area (Å²) in [4.78, 5) is 12.0. The fraction of sp³-hybridized carbons (Fsp3) is 0.158. The van der Waals surface area contributed by atoms with Crippen LogP contribution in [0.3, 0.4) is 0 Å². The van der Waals surface area contributed by atoms with E-state index in [0.29, 0.717) is 18.3 Å². The lowest BCUT2D eigenvalue weighted by atomic mass is 10.1. The van der Waals surface area contributed by atoms with E-state index in [1.165, 1.54) is 10.9 Å². The van der Waals surface area contributed by atoms with E-state index in [0.717, 1.165) is 24.2 Å². The summed E-state index contributed by atoms with van der Waals surface area (Å²) >= 11 is 0. The molecule has 26 heavy (non-hydrogen) atoms. The van der Waals surface area contributed by atoms with Crippen molar-refractivity contribution in [3.05, 3.63) is 72.3 Å². The molecule has 0 unspecified atom stereocenters. The third kappa shape index (κ3) is 3.77. The van der Waals surface area contributed by atoms with Gasteiger partial charge in [-0.3, -0.25) is 4.98 Å². The number of benzene rings is 1. The number of H-pyrrole nitrogens is 1. The summed E-state index contributed by atoms with van der Waals surface area (Å²) in [6, 6.07) is 14.1. The summed E-state index contributed by atoms with van der Waals surface area (Å²) in [6.07, 6.45) is 6.30. The number of pyridine rings is 1. The number of para-hydroxylation sites is 1. The van der Waals surface area contributed by atoms with Crippen LogP contribution in [0.2, 0.25) is 0 Å². The van der Waals surface area contributed by atoms with Gasteiger partial charge in [0.25, 0.3) is 0 Å². The highest BCUT2D eigenvalue weighted by atomic mass is 15.3. The Morgan fingerprint density at radius 2 is 1.92 bits per heavy atom. The first kappa shape index (κ1) is 16.0. The van der Waals surface area contributed by atoms with Crippen LogP contribution in [0.4, 0.5) is 11.8 Å². The molecule has 3 aromatic heterocycles. The summed E-state index contributed by atoms with van der Waals surface area (Å²) < 4.78 is 0. The molecule has 4 rings (SSSR count). The average molecular weight is 345 g/mol. The minimum Gasteiger partial charge on any atom is -0.363 e. The number of nitrogens with one attached hydrogen (secondary N) is 3. The largest absolute Gasteiger partial charge is 0.363 e. The van der Waals surface area contributed by atoms with Gasteiger partial charge < -0.3 is 15.6 Å². The van der Waals surface area contributed by atoms with Crippen molar-refractivity contribution >= 4 is 22.7 Å². The quantitative estimate of drug-likeness (QED) is 0.477. The Bertz CT molecular complexity index is 981. The molecule has 0 aliphatic carbocycles. The van der Waals surface area contributed by atoms with Crippen molar-refractivity contribution in [2.24, 2.45) is 0 Å². The van der Waals surface area contributed by atoms with E-state index in [1.54, 1.807) is 12.4 Å². The first-order chi connectivity index (χ1) is 12.9. The molecule has 0 bridgehead atoms. The summed E-state index contributed by atoms with van der Waals surface area (Å²) in [6.45, 7) is 1.32. The number of hydrogen-bond donors (Lipinski definition) is 3. The summed E-state index contributed by atoms with van der Waals surface area (Å²) in [7, 11) is 0. The van der Waals surface area contributed by atoms with Crippen molar-refractivity contribution in [2.75, 3.05) is 17.2 Å². The molecule has 7 heteroatoms. The highest BCUT2D eigenvalue weighted by Gasteiger charge is 2.04. The van der Waals surface area contributed by atoms with E-state index in [-0.39, 0.29) is 0 Å². The van der Waals surface area contributed by atoms with Gasteiger partial charge in [-0.2, -0.15) is 10.1 Å². The third-order valence-corrected chi connectivity index (χ3v) is 4.09. The Labute approximate surface area is 150 Å². The lowest BCUT2D eigenvalue weighted by Gasteiger charge is -2.07. The maximum Gasteiger partial charge on any atom is 0.244 e. The Morgan fingerprint density at radius 1 is 1.00 bits per heavy atom. The molecule has 3 N–H and O–H groups in total. The monoisotopic (exact) mass is 345 g/mol. The van der Waals surface area contributed by atoms with Crippen molar-refractivity contribution < 1.29 is 0 Å². The van der Waals surface area contributed by atoms with Gasteiger partial charge in [-0.05, 0) is 30.2 Å². The highest BCUT2D eigenvalue weighted by molar-refractivity contribution is 5.83. The molecule has 1 aromatic carbocycles. The van der Waals surface area contributed by atoms with Crippen molar-refractivity contribution in [1.29, 1.82) is 0 Å². The van der Waals surface area contributed by atoms with Crippen LogP contribution in [0.25, 0.3) is 10.9 Å². The number of aromatic nitrogens is 5. The molecule has 3 heterocycles. The van der Waals surface area contributed by atoms with E-state index in [9.17, 15) is 0 Å². The molecule has 0 radical (unpaired) electrons. The van der Waals surface area contributed by atoms with Crippen LogP contribution in [0.5, 0.6) is 0 Å². The molecule has 0 aliphatic rings. The molecule has 0 amide bonds. The molecule has 0 atom stereocenters. The maximum absolute atomic E-state index is 4.44. The SMILES string of the molecule is c1ccc(CNc2cnnc(NCCc3c[nH]c4ccccc34)n2)nc1. The first-order valence-corrected chi connectivity index (χ1v) is 8.51. The van der Waals surface area contributed by atoms with Crippen LogP contribution in [-0.2, 0) is 13.0 Å². The number of hydrogen-bond acceptors (Lipinski definition) is 6. The normalized spacial score (nSPS) is 10.8. The van der Waals surface area contributed by atoms with Crippen LogP contribution in [0.1, 0.15) is 11.3 Å². The van der Waals surface area contributed by atoms with E-state index in [2.05, 4.69) is 60.2 Å². The standard InChI is InChI=1S/C19H19N7/c1-2-7-17-16(6-1)14(11-22-17)8-10-21-19-25-18(13-24-26-19)23-12-15-5-3-4-9-20-15/h1-7,9,11,13,22H,8,10,12H2,(H2,21,23,25,26). The number of fused-ring (bicyclic) bond motifs is 1. The van der Waals surface area contributed by atoms with Crippen molar-refractivity contribution in [3.8, 4) is 0 Å². The van der Waals surface area contributed by atoms with Crippen molar-refractivity contribution in [1.82, 2.24) is 25.1 Å². The minimum atomic E-state index is 0.510. The zero-order valence-electron chi connectivity index (χ0n) is 14.2. The Balaban J connectivity index is 1.33. The molecule has 0 fully saturated rings. The van der Waals surface area contributed by atoms with Gasteiger partial charge in [0, 0.05) is 29.8 Å². The van der Waals surface area contributed by atoms with Gasteiger partial charge >= 0.3 is 0 Å². The van der Waals surface area contributed by atoms with Gasteiger partial charge in [0.05, 0.1) is 18.4 Å². The van der Waals surface area contributed by atoms with Crippen LogP contribution in [0.15, 0.2) is 61.1 Å². The van der Waals surface area contributed by atoms with Crippen molar-refractivity contribution in [2.45, 2.75) is 13.0 Å². The molecular weight excluding hydrogens is 326 g/mol. The second kappa shape index (κ2) is 7.60. The lowest BCUT2D eigenvalue weighted by molar-refractivity contribution is 0.919. The molecule has 0 saturated heterocycles. The van der Waals surface area contributed by atoms with Crippen LogP contribution < -0.4 is 10.6 Å². The summed E-state index contributed by atoms with van der Waals surface area (Å²) in [5.74, 6) is 1.18.